The lowest BCUT2D eigenvalue weighted by atomic mass is 9.96. The van der Waals surface area contributed by atoms with Crippen LogP contribution in [0.25, 0.3) is 11.1 Å². The number of nitriles is 2. The Bertz CT molecular complexity index is 878. The minimum atomic E-state index is -0.586. The number of anilines is 2. The van der Waals surface area contributed by atoms with E-state index in [1.165, 1.54) is 0 Å². The van der Waals surface area contributed by atoms with E-state index in [1.54, 1.807) is 0 Å². The van der Waals surface area contributed by atoms with Gasteiger partial charge in [-0.3, -0.25) is 4.79 Å². The Morgan fingerprint density at radius 1 is 1.04 bits per heavy atom. The first-order valence-corrected chi connectivity index (χ1v) is 8.28. The number of nitrogens with two attached hydrogens (primary N) is 1. The zero-order valence-electron chi connectivity index (χ0n) is 14.5. The summed E-state index contributed by atoms with van der Waals surface area (Å²) < 4.78 is 0. The summed E-state index contributed by atoms with van der Waals surface area (Å²) in [5.41, 5.74) is 7.17. The van der Waals surface area contributed by atoms with Crippen LogP contribution in [0.15, 0.2) is 29.1 Å². The molecule has 2 rings (SSSR count). The van der Waals surface area contributed by atoms with E-state index in [2.05, 4.69) is 23.7 Å². The van der Waals surface area contributed by atoms with Gasteiger partial charge in [0.2, 0.25) is 0 Å². The lowest BCUT2D eigenvalue weighted by Crippen LogP contribution is -2.24. The van der Waals surface area contributed by atoms with Gasteiger partial charge in [0, 0.05) is 24.3 Å². The molecule has 6 heteroatoms. The second kappa shape index (κ2) is 8.03. The summed E-state index contributed by atoms with van der Waals surface area (Å²) >= 11 is 0. The van der Waals surface area contributed by atoms with Crippen molar-refractivity contribution in [3.05, 3.63) is 45.7 Å². The van der Waals surface area contributed by atoms with Gasteiger partial charge in [-0.1, -0.05) is 26.0 Å². The van der Waals surface area contributed by atoms with Crippen LogP contribution >= 0.6 is 0 Å². The Morgan fingerprint density at radius 3 is 2.08 bits per heavy atom. The summed E-state index contributed by atoms with van der Waals surface area (Å²) in [6.45, 7) is 6.18. The molecule has 1 aromatic heterocycles. The molecule has 0 spiro atoms. The minimum Gasteiger partial charge on any atom is -0.384 e. The van der Waals surface area contributed by atoms with Crippen LogP contribution in [0.5, 0.6) is 0 Å². The SMILES string of the molecule is CCCN(CCC)c1ccc(-c2c(C#N)c(N)[nH]c(=O)c2C#N)cc1. The van der Waals surface area contributed by atoms with Crippen LogP contribution in [-0.2, 0) is 0 Å². The molecule has 128 valence electrons. The summed E-state index contributed by atoms with van der Waals surface area (Å²) in [5.74, 6) is -0.0239. The molecular weight excluding hydrogens is 314 g/mol. The predicted octanol–water partition coefficient (Wildman–Crippen LogP) is 2.99. The fourth-order valence-electron chi connectivity index (χ4n) is 2.88. The van der Waals surface area contributed by atoms with Crippen molar-refractivity contribution in [2.75, 3.05) is 23.7 Å². The Balaban J connectivity index is 2.56. The van der Waals surface area contributed by atoms with Gasteiger partial charge in [0.1, 0.15) is 29.1 Å². The van der Waals surface area contributed by atoms with Gasteiger partial charge in [-0.15, -0.1) is 0 Å². The van der Waals surface area contributed by atoms with Crippen molar-refractivity contribution < 1.29 is 0 Å². The van der Waals surface area contributed by atoms with Crippen molar-refractivity contribution in [1.82, 2.24) is 4.98 Å². The van der Waals surface area contributed by atoms with Crippen molar-refractivity contribution in [3.63, 3.8) is 0 Å². The number of nitrogens with zero attached hydrogens (tertiary/aromatic N) is 3. The molecule has 0 unspecified atom stereocenters. The third kappa shape index (κ3) is 3.64. The van der Waals surface area contributed by atoms with Crippen LogP contribution in [0.1, 0.15) is 37.8 Å². The number of aromatic amines is 1. The lowest BCUT2D eigenvalue weighted by molar-refractivity contribution is 0.745. The van der Waals surface area contributed by atoms with E-state index < -0.39 is 5.56 Å². The van der Waals surface area contributed by atoms with E-state index in [0.29, 0.717) is 5.56 Å². The van der Waals surface area contributed by atoms with Crippen LogP contribution in [0, 0.1) is 22.7 Å². The van der Waals surface area contributed by atoms with Gasteiger partial charge in [0.25, 0.3) is 5.56 Å². The predicted molar refractivity (Wildman–Crippen MR) is 99.1 cm³/mol. The Labute approximate surface area is 147 Å². The molecule has 1 aromatic carbocycles. The van der Waals surface area contributed by atoms with Gasteiger partial charge in [-0.05, 0) is 30.5 Å². The lowest BCUT2D eigenvalue weighted by Gasteiger charge is -2.24. The van der Waals surface area contributed by atoms with Gasteiger partial charge >= 0.3 is 0 Å². The Kier molecular flexibility index (Phi) is 5.81. The van der Waals surface area contributed by atoms with Crippen LogP contribution in [-0.4, -0.2) is 18.1 Å². The van der Waals surface area contributed by atoms with Crippen molar-refractivity contribution in [3.8, 4) is 23.3 Å². The molecule has 0 radical (unpaired) electrons. The first kappa shape index (κ1) is 18.1. The molecule has 0 aliphatic heterocycles. The van der Waals surface area contributed by atoms with E-state index >= 15 is 0 Å². The third-order valence-electron chi connectivity index (χ3n) is 3.98. The van der Waals surface area contributed by atoms with Gasteiger partial charge < -0.3 is 15.6 Å². The van der Waals surface area contributed by atoms with E-state index in [4.69, 9.17) is 5.73 Å². The smallest absolute Gasteiger partial charge is 0.268 e. The molecule has 0 fully saturated rings. The first-order chi connectivity index (χ1) is 12.1. The van der Waals surface area contributed by atoms with E-state index in [9.17, 15) is 15.3 Å². The highest BCUT2D eigenvalue weighted by Gasteiger charge is 2.18. The summed E-state index contributed by atoms with van der Waals surface area (Å²) in [7, 11) is 0. The van der Waals surface area contributed by atoms with Crippen LogP contribution in [0.3, 0.4) is 0 Å². The molecule has 1 heterocycles. The molecular formula is C19H21N5O. The van der Waals surface area contributed by atoms with E-state index in [-0.39, 0.29) is 22.5 Å². The molecule has 0 amide bonds. The van der Waals surface area contributed by atoms with Crippen LogP contribution in [0.2, 0.25) is 0 Å². The normalized spacial score (nSPS) is 10.1. The highest BCUT2D eigenvalue weighted by atomic mass is 16.1. The second-order valence-corrected chi connectivity index (χ2v) is 5.75. The zero-order valence-corrected chi connectivity index (χ0v) is 14.5. The average molecular weight is 335 g/mol. The van der Waals surface area contributed by atoms with Crippen LogP contribution in [0.4, 0.5) is 11.5 Å². The molecule has 0 saturated heterocycles. The monoisotopic (exact) mass is 335 g/mol. The zero-order chi connectivity index (χ0) is 18.4. The van der Waals surface area contributed by atoms with Crippen molar-refractivity contribution in [2.24, 2.45) is 0 Å². The van der Waals surface area contributed by atoms with Crippen molar-refractivity contribution in [2.45, 2.75) is 26.7 Å². The van der Waals surface area contributed by atoms with E-state index in [0.717, 1.165) is 31.6 Å². The Morgan fingerprint density at radius 2 is 1.60 bits per heavy atom. The number of benzene rings is 1. The van der Waals surface area contributed by atoms with Crippen molar-refractivity contribution in [1.29, 1.82) is 10.5 Å². The number of hydrogen-bond acceptors (Lipinski definition) is 5. The van der Waals surface area contributed by atoms with Gasteiger partial charge in [0.05, 0.1) is 0 Å². The fourth-order valence-corrected chi connectivity index (χ4v) is 2.88. The molecule has 0 aliphatic carbocycles. The first-order valence-electron chi connectivity index (χ1n) is 8.28. The number of nitrogens with one attached hydrogen (secondary N) is 1. The maximum Gasteiger partial charge on any atom is 0.268 e. The number of H-pyrrole nitrogens is 1. The van der Waals surface area contributed by atoms with Crippen LogP contribution < -0.4 is 16.2 Å². The average Bonchev–Trinajstić information content (AvgIpc) is 2.61. The number of nitrogen functional groups attached to an aromatic ring is 1. The molecule has 0 atom stereocenters. The van der Waals surface area contributed by atoms with Gasteiger partial charge in [-0.25, -0.2) is 0 Å². The minimum absolute atomic E-state index is 0.0239. The largest absolute Gasteiger partial charge is 0.384 e. The second-order valence-electron chi connectivity index (χ2n) is 5.75. The fraction of sp³-hybridized carbons (Fsp3) is 0.316. The molecule has 3 N–H and O–H groups in total. The molecule has 6 nitrogen and oxygen atoms in total. The number of hydrogen-bond donors (Lipinski definition) is 2. The number of pyridine rings is 1. The maximum atomic E-state index is 12.0. The maximum absolute atomic E-state index is 12.0. The highest BCUT2D eigenvalue weighted by molar-refractivity contribution is 5.80. The van der Waals surface area contributed by atoms with Crippen molar-refractivity contribution >= 4 is 11.5 Å². The summed E-state index contributed by atoms with van der Waals surface area (Å²) in [6, 6.07) is 11.4. The van der Waals surface area contributed by atoms with Gasteiger partial charge in [0.15, 0.2) is 0 Å². The summed E-state index contributed by atoms with van der Waals surface area (Å²) in [6.07, 6.45) is 2.09. The molecule has 0 saturated carbocycles. The van der Waals surface area contributed by atoms with E-state index in [1.807, 2.05) is 36.4 Å². The quantitative estimate of drug-likeness (QED) is 0.843. The molecule has 0 aliphatic rings. The van der Waals surface area contributed by atoms with Gasteiger partial charge in [-0.2, -0.15) is 10.5 Å². The summed E-state index contributed by atoms with van der Waals surface area (Å²) in [5, 5.41) is 18.7. The topological polar surface area (TPSA) is 110 Å². The molecule has 2 aromatic rings. The Hall–Kier alpha value is -3.25. The molecule has 25 heavy (non-hydrogen) atoms. The molecule has 0 bridgehead atoms. The number of rotatable bonds is 6. The third-order valence-corrected chi connectivity index (χ3v) is 3.98. The standard InChI is InChI=1S/C19H21N5O/c1-3-9-24(10-4-2)14-7-5-13(6-8-14)17-15(11-20)18(22)23-19(25)16(17)12-21/h5-8H,3-4,9-10H2,1-2H3,(H3,22,23,25). The highest BCUT2D eigenvalue weighted by Crippen LogP contribution is 2.29. The summed E-state index contributed by atoms with van der Waals surface area (Å²) in [4.78, 5) is 16.6. The number of aromatic nitrogens is 1.